The molecule has 29 heavy (non-hydrogen) atoms. The highest BCUT2D eigenvalue weighted by molar-refractivity contribution is 6.07. The molecule has 0 fully saturated rings. The van der Waals surface area contributed by atoms with E-state index in [9.17, 15) is 9.59 Å². The zero-order valence-corrected chi connectivity index (χ0v) is 15.8. The van der Waals surface area contributed by atoms with Crippen LogP contribution in [0, 0.1) is 0 Å². The molecule has 0 spiro atoms. The van der Waals surface area contributed by atoms with Crippen LogP contribution in [0.3, 0.4) is 0 Å². The lowest BCUT2D eigenvalue weighted by molar-refractivity contribution is -0.120. The molecule has 0 aliphatic rings. The number of rotatable bonds is 8. The summed E-state index contributed by atoms with van der Waals surface area (Å²) in [7, 11) is 0. The molecule has 0 unspecified atom stereocenters. The van der Waals surface area contributed by atoms with Crippen molar-refractivity contribution in [1.29, 1.82) is 0 Å². The average Bonchev–Trinajstić information content (AvgIpc) is 2.76. The molecule has 0 aliphatic carbocycles. The summed E-state index contributed by atoms with van der Waals surface area (Å²) in [6, 6.07) is 20.4. The summed E-state index contributed by atoms with van der Waals surface area (Å²) in [6.45, 7) is 3.83. The molecule has 2 N–H and O–H groups in total. The van der Waals surface area contributed by atoms with Crippen LogP contribution in [-0.2, 0) is 4.79 Å². The number of carbonyl (C=O) groups excluding carboxylic acids is 2. The third-order valence-electron chi connectivity index (χ3n) is 4.07. The number of carbonyl (C=O) groups is 2. The molecular weight excluding hydrogens is 366 g/mol. The van der Waals surface area contributed by atoms with Gasteiger partial charge in [0.1, 0.15) is 12.4 Å². The highest BCUT2D eigenvalue weighted by Gasteiger charge is 2.10. The zero-order valence-electron chi connectivity index (χ0n) is 15.8. The van der Waals surface area contributed by atoms with Gasteiger partial charge in [0.05, 0.1) is 12.8 Å². The fraction of sp³-hybridized carbons (Fsp3) is 0.0870. The Morgan fingerprint density at radius 1 is 1.03 bits per heavy atom. The second-order valence-electron chi connectivity index (χ2n) is 6.17. The molecule has 0 radical (unpaired) electrons. The molecule has 0 heterocycles. The first-order valence-corrected chi connectivity index (χ1v) is 9.09. The second kappa shape index (κ2) is 9.85. The Morgan fingerprint density at radius 2 is 1.83 bits per heavy atom. The van der Waals surface area contributed by atoms with Crippen molar-refractivity contribution in [2.24, 2.45) is 5.10 Å². The number of ether oxygens (including phenoxy) is 1. The minimum Gasteiger partial charge on any atom is -0.490 e. The molecule has 0 bridgehead atoms. The van der Waals surface area contributed by atoms with Crippen molar-refractivity contribution >= 4 is 28.8 Å². The van der Waals surface area contributed by atoms with Gasteiger partial charge in [-0.1, -0.05) is 61.2 Å². The highest BCUT2D eigenvalue weighted by Crippen LogP contribution is 2.18. The third kappa shape index (κ3) is 5.52. The van der Waals surface area contributed by atoms with Crippen LogP contribution >= 0.6 is 0 Å². The Bertz CT molecular complexity index is 1050. The van der Waals surface area contributed by atoms with Crippen molar-refractivity contribution in [2.75, 3.05) is 13.2 Å². The molecular formula is C23H21N3O3. The number of nitrogens with one attached hydrogen (secondary N) is 2. The lowest BCUT2D eigenvalue weighted by Crippen LogP contribution is -2.35. The molecule has 0 saturated heterocycles. The molecule has 146 valence electrons. The van der Waals surface area contributed by atoms with Crippen LogP contribution in [0.2, 0.25) is 0 Å². The largest absolute Gasteiger partial charge is 0.490 e. The summed E-state index contributed by atoms with van der Waals surface area (Å²) in [4.78, 5) is 24.4. The van der Waals surface area contributed by atoms with Gasteiger partial charge in [0.25, 0.3) is 11.8 Å². The summed E-state index contributed by atoms with van der Waals surface area (Å²) in [5.74, 6) is -0.0515. The van der Waals surface area contributed by atoms with E-state index in [2.05, 4.69) is 22.4 Å². The van der Waals surface area contributed by atoms with Gasteiger partial charge in [-0.05, 0) is 34.5 Å². The number of hydrogen-bond acceptors (Lipinski definition) is 4. The highest BCUT2D eigenvalue weighted by atomic mass is 16.5. The lowest BCUT2D eigenvalue weighted by atomic mass is 10.0. The number of hydrogen-bond donors (Lipinski definition) is 2. The Labute approximate surface area is 168 Å². The number of nitrogens with zero attached hydrogens (tertiary/aromatic N) is 1. The van der Waals surface area contributed by atoms with Crippen LogP contribution in [0.1, 0.15) is 15.9 Å². The van der Waals surface area contributed by atoms with Crippen molar-refractivity contribution < 1.29 is 14.3 Å². The number of fused-ring (bicyclic) bond motifs is 1. The van der Waals surface area contributed by atoms with E-state index in [1.165, 1.54) is 6.21 Å². The first kappa shape index (κ1) is 19.8. The quantitative estimate of drug-likeness (QED) is 0.354. The van der Waals surface area contributed by atoms with E-state index in [4.69, 9.17) is 4.74 Å². The van der Waals surface area contributed by atoms with E-state index >= 15 is 0 Å². The van der Waals surface area contributed by atoms with Gasteiger partial charge >= 0.3 is 0 Å². The van der Waals surface area contributed by atoms with Crippen molar-refractivity contribution in [3.05, 3.63) is 90.5 Å². The summed E-state index contributed by atoms with van der Waals surface area (Å²) >= 11 is 0. The summed E-state index contributed by atoms with van der Waals surface area (Å²) in [5, 5.41) is 8.33. The summed E-state index contributed by atoms with van der Waals surface area (Å²) in [5.41, 5.74) is 3.69. The predicted octanol–water partition coefficient (Wildman–Crippen LogP) is 3.28. The monoisotopic (exact) mass is 387 g/mol. The van der Waals surface area contributed by atoms with Crippen LogP contribution < -0.4 is 15.5 Å². The van der Waals surface area contributed by atoms with Gasteiger partial charge in [-0.2, -0.15) is 5.10 Å². The molecule has 0 atom stereocenters. The molecule has 3 aromatic carbocycles. The smallest absolute Gasteiger partial charge is 0.259 e. The first-order chi connectivity index (χ1) is 14.2. The lowest BCUT2D eigenvalue weighted by Gasteiger charge is -2.07. The predicted molar refractivity (Wildman–Crippen MR) is 114 cm³/mol. The van der Waals surface area contributed by atoms with Gasteiger partial charge in [0, 0.05) is 5.56 Å². The summed E-state index contributed by atoms with van der Waals surface area (Å²) in [6.07, 6.45) is 3.17. The topological polar surface area (TPSA) is 79.8 Å². The van der Waals surface area contributed by atoms with Crippen LogP contribution in [0.4, 0.5) is 0 Å². The van der Waals surface area contributed by atoms with E-state index in [-0.39, 0.29) is 12.5 Å². The van der Waals surface area contributed by atoms with Gasteiger partial charge in [-0.25, -0.2) is 5.43 Å². The fourth-order valence-corrected chi connectivity index (χ4v) is 2.74. The number of hydrazone groups is 1. The zero-order chi connectivity index (χ0) is 20.5. The first-order valence-electron chi connectivity index (χ1n) is 9.09. The molecule has 0 aromatic heterocycles. The second-order valence-corrected chi connectivity index (χ2v) is 6.17. The molecule has 0 aliphatic heterocycles. The molecule has 2 amide bonds. The normalized spacial score (nSPS) is 10.6. The number of amides is 2. The van der Waals surface area contributed by atoms with Gasteiger partial charge in [-0.15, -0.1) is 0 Å². The maximum absolute atomic E-state index is 12.4. The van der Waals surface area contributed by atoms with E-state index in [0.717, 1.165) is 16.3 Å². The van der Waals surface area contributed by atoms with Gasteiger partial charge < -0.3 is 10.1 Å². The SMILES string of the molecule is C=CCOc1cccc(C=NNC(=O)CNC(=O)c2cccc3ccccc23)c1. The van der Waals surface area contributed by atoms with E-state index < -0.39 is 5.91 Å². The van der Waals surface area contributed by atoms with Crippen LogP contribution in [0.5, 0.6) is 5.75 Å². The fourth-order valence-electron chi connectivity index (χ4n) is 2.74. The maximum atomic E-state index is 12.4. The Hall–Kier alpha value is -3.93. The van der Waals surface area contributed by atoms with E-state index in [1.54, 1.807) is 18.2 Å². The molecule has 6 nitrogen and oxygen atoms in total. The average molecular weight is 387 g/mol. The molecule has 3 aromatic rings. The maximum Gasteiger partial charge on any atom is 0.259 e. The Balaban J connectivity index is 1.53. The van der Waals surface area contributed by atoms with Crippen molar-refractivity contribution in [1.82, 2.24) is 10.7 Å². The van der Waals surface area contributed by atoms with Crippen molar-refractivity contribution in [3.8, 4) is 5.75 Å². The van der Waals surface area contributed by atoms with Crippen LogP contribution in [0.15, 0.2) is 84.5 Å². The van der Waals surface area contributed by atoms with Crippen LogP contribution in [0.25, 0.3) is 10.8 Å². The minimum atomic E-state index is -0.422. The van der Waals surface area contributed by atoms with Gasteiger partial charge in [-0.3, -0.25) is 9.59 Å². The van der Waals surface area contributed by atoms with Gasteiger partial charge in [0.15, 0.2) is 0 Å². The van der Waals surface area contributed by atoms with Crippen LogP contribution in [-0.4, -0.2) is 31.2 Å². The van der Waals surface area contributed by atoms with Crippen molar-refractivity contribution in [2.45, 2.75) is 0 Å². The van der Waals surface area contributed by atoms with Crippen molar-refractivity contribution in [3.63, 3.8) is 0 Å². The minimum absolute atomic E-state index is 0.179. The number of benzene rings is 3. The summed E-state index contributed by atoms with van der Waals surface area (Å²) < 4.78 is 5.45. The van der Waals surface area contributed by atoms with E-state index in [1.807, 2.05) is 54.6 Å². The Kier molecular flexibility index (Phi) is 6.73. The standard InChI is InChI=1S/C23H21N3O3/c1-2-13-29-19-10-5-7-17(14-19)15-25-26-22(27)16-24-23(28)21-12-6-9-18-8-3-4-11-20(18)21/h2-12,14-15H,1,13,16H2,(H,24,28)(H,26,27). The third-order valence-corrected chi connectivity index (χ3v) is 4.07. The van der Waals surface area contributed by atoms with E-state index in [0.29, 0.717) is 17.9 Å². The molecule has 0 saturated carbocycles. The molecule has 3 rings (SSSR count). The molecule has 6 heteroatoms. The van der Waals surface area contributed by atoms with Gasteiger partial charge in [0.2, 0.25) is 0 Å². The Morgan fingerprint density at radius 3 is 2.69 bits per heavy atom.